The van der Waals surface area contributed by atoms with Gasteiger partial charge in [-0.15, -0.1) is 11.3 Å². The van der Waals surface area contributed by atoms with Gasteiger partial charge in [-0.25, -0.2) is 4.98 Å². The van der Waals surface area contributed by atoms with E-state index in [-0.39, 0.29) is 29.4 Å². The summed E-state index contributed by atoms with van der Waals surface area (Å²) in [7, 11) is 0. The standard InChI is InChI=1S/C18H28N4O3S/c1-10(2)13(19)18(25)22-8-5-6-12(22)16(24)21-14(11(3)4)15(23)17-20-7-9-26-17/h7,9-14H,5-6,8,19H2,1-4H3,(H,21,24)/t12-,13-,14?/m0/s1. The van der Waals surface area contributed by atoms with E-state index in [4.69, 9.17) is 5.73 Å². The molecule has 1 aliphatic heterocycles. The third-order valence-electron chi connectivity index (χ3n) is 4.73. The Balaban J connectivity index is 2.10. The molecule has 1 saturated heterocycles. The predicted molar refractivity (Wildman–Crippen MR) is 101 cm³/mol. The Bertz CT molecular complexity index is 645. The summed E-state index contributed by atoms with van der Waals surface area (Å²) >= 11 is 1.26. The molecule has 0 saturated carbocycles. The van der Waals surface area contributed by atoms with Crippen LogP contribution in [0.25, 0.3) is 0 Å². The Hall–Kier alpha value is -1.80. The van der Waals surface area contributed by atoms with Gasteiger partial charge < -0.3 is 16.0 Å². The van der Waals surface area contributed by atoms with Crippen molar-refractivity contribution < 1.29 is 14.4 Å². The fraction of sp³-hybridized carbons (Fsp3) is 0.667. The van der Waals surface area contributed by atoms with E-state index in [0.29, 0.717) is 18.0 Å². The first-order valence-electron chi connectivity index (χ1n) is 9.04. The topological polar surface area (TPSA) is 105 Å². The summed E-state index contributed by atoms with van der Waals surface area (Å²) in [5, 5.41) is 4.96. The van der Waals surface area contributed by atoms with Gasteiger partial charge in [0.05, 0.1) is 12.1 Å². The average Bonchev–Trinajstić information content (AvgIpc) is 3.28. The van der Waals surface area contributed by atoms with E-state index in [1.807, 2.05) is 27.7 Å². The van der Waals surface area contributed by atoms with Crippen molar-refractivity contribution in [2.45, 2.75) is 58.7 Å². The number of carbonyl (C=O) groups is 3. The van der Waals surface area contributed by atoms with Crippen LogP contribution in [0.3, 0.4) is 0 Å². The minimum absolute atomic E-state index is 0.00158. The molecule has 2 rings (SSSR count). The van der Waals surface area contributed by atoms with Crippen LogP contribution in [-0.2, 0) is 9.59 Å². The summed E-state index contributed by atoms with van der Waals surface area (Å²) in [6.07, 6.45) is 2.90. The zero-order valence-electron chi connectivity index (χ0n) is 15.8. The molecule has 1 fully saturated rings. The summed E-state index contributed by atoms with van der Waals surface area (Å²) < 4.78 is 0. The predicted octanol–water partition coefficient (Wildman–Crippen LogP) is 1.44. The second-order valence-corrected chi connectivity index (χ2v) is 8.29. The van der Waals surface area contributed by atoms with Crippen molar-refractivity contribution in [1.82, 2.24) is 15.2 Å². The van der Waals surface area contributed by atoms with Gasteiger partial charge in [-0.05, 0) is 24.7 Å². The van der Waals surface area contributed by atoms with Crippen LogP contribution < -0.4 is 11.1 Å². The van der Waals surface area contributed by atoms with Crippen molar-refractivity contribution in [3.63, 3.8) is 0 Å². The van der Waals surface area contributed by atoms with Gasteiger partial charge in [-0.3, -0.25) is 14.4 Å². The number of nitrogens with one attached hydrogen (secondary N) is 1. The highest BCUT2D eigenvalue weighted by atomic mass is 32.1. The highest BCUT2D eigenvalue weighted by Crippen LogP contribution is 2.21. The van der Waals surface area contributed by atoms with Gasteiger partial charge in [0.2, 0.25) is 17.6 Å². The number of hydrogen-bond acceptors (Lipinski definition) is 6. The number of Topliss-reactive ketones (excluding diaryl/α,β-unsaturated/α-hetero) is 1. The Morgan fingerprint density at radius 1 is 1.27 bits per heavy atom. The third kappa shape index (κ3) is 4.48. The second kappa shape index (κ2) is 8.73. The SMILES string of the molecule is CC(C)C(NC(=O)[C@@H]1CCCN1C(=O)[C@@H](N)C(C)C)C(=O)c1nccs1. The molecule has 1 aromatic rings. The summed E-state index contributed by atoms with van der Waals surface area (Å²) in [6.45, 7) is 8.04. The number of amides is 2. The van der Waals surface area contributed by atoms with Crippen molar-refractivity contribution in [1.29, 1.82) is 0 Å². The lowest BCUT2D eigenvalue weighted by Crippen LogP contribution is -2.55. The number of rotatable bonds is 7. The lowest BCUT2D eigenvalue weighted by molar-refractivity contribution is -0.140. The van der Waals surface area contributed by atoms with E-state index in [0.717, 1.165) is 6.42 Å². The molecule has 0 spiro atoms. The maximum absolute atomic E-state index is 12.8. The number of nitrogens with zero attached hydrogens (tertiary/aromatic N) is 2. The normalized spacial score (nSPS) is 19.7. The molecule has 0 aliphatic carbocycles. The van der Waals surface area contributed by atoms with Gasteiger partial charge in [0.1, 0.15) is 6.04 Å². The first kappa shape index (κ1) is 20.5. The highest BCUT2D eigenvalue weighted by Gasteiger charge is 2.38. The Kier molecular flexibility index (Phi) is 6.88. The van der Waals surface area contributed by atoms with Crippen molar-refractivity contribution in [2.24, 2.45) is 17.6 Å². The second-order valence-electron chi connectivity index (χ2n) is 7.39. The maximum atomic E-state index is 12.8. The van der Waals surface area contributed by atoms with Gasteiger partial charge in [0.15, 0.2) is 5.01 Å². The summed E-state index contributed by atoms with van der Waals surface area (Å²) in [6, 6.07) is -1.86. The molecule has 0 bridgehead atoms. The lowest BCUT2D eigenvalue weighted by atomic mass is 9.99. The smallest absolute Gasteiger partial charge is 0.243 e. The van der Waals surface area contributed by atoms with Crippen molar-refractivity contribution in [3.05, 3.63) is 16.6 Å². The van der Waals surface area contributed by atoms with E-state index in [2.05, 4.69) is 10.3 Å². The number of carbonyl (C=O) groups excluding carboxylic acids is 3. The van der Waals surface area contributed by atoms with E-state index in [1.54, 1.807) is 16.5 Å². The molecular weight excluding hydrogens is 352 g/mol. The van der Waals surface area contributed by atoms with Crippen molar-refractivity contribution >= 4 is 28.9 Å². The Morgan fingerprint density at radius 2 is 1.96 bits per heavy atom. The van der Waals surface area contributed by atoms with Crippen molar-refractivity contribution in [3.8, 4) is 0 Å². The first-order chi connectivity index (χ1) is 12.2. The maximum Gasteiger partial charge on any atom is 0.243 e. The van der Waals surface area contributed by atoms with Crippen LogP contribution in [0, 0.1) is 11.8 Å². The number of likely N-dealkylation sites (tertiary alicyclic amines) is 1. The molecule has 1 aromatic heterocycles. The number of hydrogen-bond donors (Lipinski definition) is 2. The molecular formula is C18H28N4O3S. The Morgan fingerprint density at radius 3 is 2.50 bits per heavy atom. The van der Waals surface area contributed by atoms with Gasteiger partial charge in [-0.1, -0.05) is 27.7 Å². The molecule has 8 heteroatoms. The van der Waals surface area contributed by atoms with E-state index < -0.39 is 18.1 Å². The fourth-order valence-electron chi connectivity index (χ4n) is 3.04. The van der Waals surface area contributed by atoms with Gasteiger partial charge >= 0.3 is 0 Å². The lowest BCUT2D eigenvalue weighted by Gasteiger charge is -2.29. The van der Waals surface area contributed by atoms with E-state index >= 15 is 0 Å². The summed E-state index contributed by atoms with van der Waals surface area (Å²) in [5.41, 5.74) is 5.98. The van der Waals surface area contributed by atoms with Crippen LogP contribution in [-0.4, -0.2) is 52.2 Å². The molecule has 1 aliphatic rings. The molecule has 0 aromatic carbocycles. The molecule has 26 heavy (non-hydrogen) atoms. The number of aromatic nitrogens is 1. The highest BCUT2D eigenvalue weighted by molar-refractivity contribution is 7.11. The number of ketones is 1. The molecule has 7 nitrogen and oxygen atoms in total. The largest absolute Gasteiger partial charge is 0.344 e. The average molecular weight is 381 g/mol. The minimum Gasteiger partial charge on any atom is -0.344 e. The van der Waals surface area contributed by atoms with Crippen molar-refractivity contribution in [2.75, 3.05) is 6.54 Å². The van der Waals surface area contributed by atoms with Gasteiger partial charge in [0, 0.05) is 18.1 Å². The molecule has 2 heterocycles. The minimum atomic E-state index is -0.662. The zero-order valence-corrected chi connectivity index (χ0v) is 16.6. The van der Waals surface area contributed by atoms with Gasteiger partial charge in [-0.2, -0.15) is 0 Å². The van der Waals surface area contributed by atoms with Crippen LogP contribution in [0.4, 0.5) is 0 Å². The molecule has 0 radical (unpaired) electrons. The molecule has 144 valence electrons. The van der Waals surface area contributed by atoms with Crippen LogP contribution in [0.5, 0.6) is 0 Å². The quantitative estimate of drug-likeness (QED) is 0.697. The molecule has 2 amide bonds. The van der Waals surface area contributed by atoms with Crippen LogP contribution in [0.2, 0.25) is 0 Å². The Labute approximate surface area is 158 Å². The summed E-state index contributed by atoms with van der Waals surface area (Å²) in [5.74, 6) is -0.779. The van der Waals surface area contributed by atoms with Crippen LogP contribution in [0.1, 0.15) is 50.3 Å². The fourth-order valence-corrected chi connectivity index (χ4v) is 3.66. The van der Waals surface area contributed by atoms with E-state index in [9.17, 15) is 14.4 Å². The van der Waals surface area contributed by atoms with E-state index in [1.165, 1.54) is 11.3 Å². The molecule has 1 unspecified atom stereocenters. The number of nitrogens with two attached hydrogens (primary N) is 1. The van der Waals surface area contributed by atoms with Crippen LogP contribution >= 0.6 is 11.3 Å². The monoisotopic (exact) mass is 380 g/mol. The molecule has 3 atom stereocenters. The first-order valence-corrected chi connectivity index (χ1v) is 9.92. The summed E-state index contributed by atoms with van der Waals surface area (Å²) in [4.78, 5) is 43.7. The third-order valence-corrected chi connectivity index (χ3v) is 5.52. The zero-order chi connectivity index (χ0) is 19.4. The molecule has 3 N–H and O–H groups in total. The number of thiazole rings is 1. The van der Waals surface area contributed by atoms with Crippen LogP contribution in [0.15, 0.2) is 11.6 Å². The van der Waals surface area contributed by atoms with Gasteiger partial charge in [0.25, 0.3) is 0 Å².